The highest BCUT2D eigenvalue weighted by Gasteiger charge is 2.25. The Morgan fingerprint density at radius 3 is 2.47 bits per heavy atom. The van der Waals surface area contributed by atoms with E-state index < -0.39 is 0 Å². The van der Waals surface area contributed by atoms with Gasteiger partial charge in [-0.3, -0.25) is 4.79 Å². The first-order valence-electron chi connectivity index (χ1n) is 7.32. The third kappa shape index (κ3) is 3.09. The number of amides is 1. The zero-order valence-electron chi connectivity index (χ0n) is 12.2. The van der Waals surface area contributed by atoms with Gasteiger partial charge in [-0.1, -0.05) is 6.42 Å². The molecule has 0 radical (unpaired) electrons. The molecule has 1 aliphatic rings. The zero-order valence-corrected chi connectivity index (χ0v) is 12.2. The van der Waals surface area contributed by atoms with E-state index in [0.717, 1.165) is 37.2 Å². The van der Waals surface area contributed by atoms with E-state index in [4.69, 9.17) is 0 Å². The van der Waals surface area contributed by atoms with Crippen LogP contribution in [0.15, 0.2) is 18.2 Å². The van der Waals surface area contributed by atoms with Gasteiger partial charge in [0, 0.05) is 30.4 Å². The molecule has 1 aromatic rings. The average Bonchev–Trinajstić information content (AvgIpc) is 2.32. The first kappa shape index (κ1) is 13.9. The summed E-state index contributed by atoms with van der Waals surface area (Å²) < 4.78 is 0. The second-order valence-electron chi connectivity index (χ2n) is 5.29. The number of hydrogen-bond acceptors (Lipinski definition) is 2. The van der Waals surface area contributed by atoms with Crippen molar-refractivity contribution in [1.29, 1.82) is 0 Å². The number of rotatable bonds is 5. The van der Waals surface area contributed by atoms with Gasteiger partial charge in [0.1, 0.15) is 0 Å². The number of hydrogen-bond donors (Lipinski definition) is 1. The molecule has 104 valence electrons. The van der Waals surface area contributed by atoms with E-state index in [2.05, 4.69) is 43.1 Å². The lowest BCUT2D eigenvalue weighted by Crippen LogP contribution is -2.28. The highest BCUT2D eigenvalue weighted by atomic mass is 16.1. The van der Waals surface area contributed by atoms with Crippen LogP contribution in [0.5, 0.6) is 0 Å². The summed E-state index contributed by atoms with van der Waals surface area (Å²) in [5, 5.41) is 3.06. The van der Waals surface area contributed by atoms with E-state index >= 15 is 0 Å². The van der Waals surface area contributed by atoms with Gasteiger partial charge >= 0.3 is 0 Å². The number of carbonyl (C=O) groups is 1. The van der Waals surface area contributed by atoms with Crippen LogP contribution in [-0.4, -0.2) is 19.0 Å². The topological polar surface area (TPSA) is 32.3 Å². The maximum Gasteiger partial charge on any atom is 0.227 e. The summed E-state index contributed by atoms with van der Waals surface area (Å²) in [6, 6.07) is 6.28. The standard InChI is InChI=1S/C16H24N2O/c1-4-18(5-2)14-9-10-15(12(3)11-14)17-16(19)13-7-6-8-13/h9-11,13H,4-8H2,1-3H3,(H,17,19). The molecule has 1 saturated carbocycles. The van der Waals surface area contributed by atoms with E-state index in [1.807, 2.05) is 6.07 Å². The van der Waals surface area contributed by atoms with Gasteiger partial charge in [0.15, 0.2) is 0 Å². The fourth-order valence-electron chi connectivity index (χ4n) is 2.48. The Morgan fingerprint density at radius 1 is 1.32 bits per heavy atom. The number of nitrogens with one attached hydrogen (secondary N) is 1. The first-order chi connectivity index (χ1) is 9.15. The summed E-state index contributed by atoms with van der Waals surface area (Å²) in [4.78, 5) is 14.3. The van der Waals surface area contributed by atoms with Crippen molar-refractivity contribution in [2.75, 3.05) is 23.3 Å². The molecule has 0 atom stereocenters. The van der Waals surface area contributed by atoms with Crippen molar-refractivity contribution in [3.8, 4) is 0 Å². The Balaban J connectivity index is 2.08. The quantitative estimate of drug-likeness (QED) is 0.877. The van der Waals surface area contributed by atoms with Crippen molar-refractivity contribution in [1.82, 2.24) is 0 Å². The van der Waals surface area contributed by atoms with E-state index in [1.54, 1.807) is 0 Å². The van der Waals surface area contributed by atoms with Crippen molar-refractivity contribution in [3.63, 3.8) is 0 Å². The normalized spacial score (nSPS) is 14.9. The van der Waals surface area contributed by atoms with Crippen molar-refractivity contribution in [3.05, 3.63) is 23.8 Å². The third-order valence-corrected chi connectivity index (χ3v) is 4.07. The average molecular weight is 260 g/mol. The largest absolute Gasteiger partial charge is 0.372 e. The lowest BCUT2D eigenvalue weighted by atomic mass is 9.85. The summed E-state index contributed by atoms with van der Waals surface area (Å²) in [5.41, 5.74) is 3.31. The molecule has 1 aromatic carbocycles. The zero-order chi connectivity index (χ0) is 13.8. The van der Waals surface area contributed by atoms with Gasteiger partial charge in [-0.2, -0.15) is 0 Å². The lowest BCUT2D eigenvalue weighted by Gasteiger charge is -2.25. The molecule has 1 fully saturated rings. The van der Waals surface area contributed by atoms with Gasteiger partial charge in [-0.25, -0.2) is 0 Å². The molecule has 0 aliphatic heterocycles. The van der Waals surface area contributed by atoms with Crippen LogP contribution in [0, 0.1) is 12.8 Å². The molecule has 19 heavy (non-hydrogen) atoms. The fourth-order valence-corrected chi connectivity index (χ4v) is 2.48. The highest BCUT2D eigenvalue weighted by Crippen LogP contribution is 2.29. The third-order valence-electron chi connectivity index (χ3n) is 4.07. The summed E-state index contributed by atoms with van der Waals surface area (Å²) in [6.07, 6.45) is 3.28. The van der Waals surface area contributed by atoms with Crippen LogP contribution in [0.2, 0.25) is 0 Å². The molecule has 3 nitrogen and oxygen atoms in total. The van der Waals surface area contributed by atoms with Crippen molar-refractivity contribution >= 4 is 17.3 Å². The number of nitrogens with zero attached hydrogens (tertiary/aromatic N) is 1. The van der Waals surface area contributed by atoms with Crippen LogP contribution >= 0.6 is 0 Å². The van der Waals surface area contributed by atoms with Gasteiger partial charge in [0.25, 0.3) is 0 Å². The van der Waals surface area contributed by atoms with Gasteiger partial charge in [0.05, 0.1) is 0 Å². The fraction of sp³-hybridized carbons (Fsp3) is 0.562. The van der Waals surface area contributed by atoms with Crippen LogP contribution in [0.4, 0.5) is 11.4 Å². The summed E-state index contributed by atoms with van der Waals surface area (Å²) >= 11 is 0. The molecule has 0 unspecified atom stereocenters. The second-order valence-corrected chi connectivity index (χ2v) is 5.29. The SMILES string of the molecule is CCN(CC)c1ccc(NC(=O)C2CCC2)c(C)c1. The molecule has 3 heteroatoms. The van der Waals surface area contributed by atoms with Gasteiger partial charge in [-0.15, -0.1) is 0 Å². The predicted octanol–water partition coefficient (Wildman–Crippen LogP) is 3.58. The molecule has 0 saturated heterocycles. The van der Waals surface area contributed by atoms with Crippen LogP contribution in [0.3, 0.4) is 0 Å². The lowest BCUT2D eigenvalue weighted by molar-refractivity contribution is -0.122. The van der Waals surface area contributed by atoms with Crippen LogP contribution in [-0.2, 0) is 4.79 Å². The first-order valence-corrected chi connectivity index (χ1v) is 7.32. The Hall–Kier alpha value is -1.51. The minimum absolute atomic E-state index is 0.185. The smallest absolute Gasteiger partial charge is 0.227 e. The van der Waals surface area contributed by atoms with Crippen molar-refractivity contribution in [2.45, 2.75) is 40.0 Å². The Morgan fingerprint density at radius 2 is 2.00 bits per heavy atom. The minimum atomic E-state index is 0.185. The maximum absolute atomic E-state index is 12.0. The molecule has 0 spiro atoms. The minimum Gasteiger partial charge on any atom is -0.372 e. The van der Waals surface area contributed by atoms with Crippen molar-refractivity contribution < 1.29 is 4.79 Å². The van der Waals surface area contributed by atoms with Gasteiger partial charge in [0.2, 0.25) is 5.91 Å². The van der Waals surface area contributed by atoms with Gasteiger partial charge < -0.3 is 10.2 Å². The van der Waals surface area contributed by atoms with E-state index in [0.29, 0.717) is 0 Å². The Bertz CT molecular complexity index is 448. The Labute approximate surface area is 116 Å². The molecule has 1 aliphatic carbocycles. The second kappa shape index (κ2) is 6.09. The van der Waals surface area contributed by atoms with Gasteiger partial charge in [-0.05, 0) is 57.4 Å². The summed E-state index contributed by atoms with van der Waals surface area (Å²) in [7, 11) is 0. The summed E-state index contributed by atoms with van der Waals surface area (Å²) in [5.74, 6) is 0.423. The van der Waals surface area contributed by atoms with E-state index in [-0.39, 0.29) is 11.8 Å². The van der Waals surface area contributed by atoms with E-state index in [9.17, 15) is 4.79 Å². The maximum atomic E-state index is 12.0. The molecule has 1 amide bonds. The number of benzene rings is 1. The molecule has 1 N–H and O–H groups in total. The monoisotopic (exact) mass is 260 g/mol. The molecular formula is C16H24N2O. The van der Waals surface area contributed by atoms with Crippen LogP contribution in [0.25, 0.3) is 0 Å². The van der Waals surface area contributed by atoms with E-state index in [1.165, 1.54) is 12.1 Å². The number of aryl methyl sites for hydroxylation is 1. The summed E-state index contributed by atoms with van der Waals surface area (Å²) in [6.45, 7) is 8.38. The van der Waals surface area contributed by atoms with Crippen LogP contribution in [0.1, 0.15) is 38.7 Å². The highest BCUT2D eigenvalue weighted by molar-refractivity contribution is 5.93. The molecule has 2 rings (SSSR count). The molecule has 0 heterocycles. The number of anilines is 2. The number of carbonyl (C=O) groups excluding carboxylic acids is 1. The predicted molar refractivity (Wildman–Crippen MR) is 80.7 cm³/mol. The molecular weight excluding hydrogens is 236 g/mol. The molecule has 0 bridgehead atoms. The molecule has 0 aromatic heterocycles. The Kier molecular flexibility index (Phi) is 4.46. The van der Waals surface area contributed by atoms with Crippen LogP contribution < -0.4 is 10.2 Å². The van der Waals surface area contributed by atoms with Crippen molar-refractivity contribution in [2.24, 2.45) is 5.92 Å².